The van der Waals surface area contributed by atoms with E-state index in [9.17, 15) is 9.90 Å². The molecule has 1 aliphatic rings. The minimum Gasteiger partial charge on any atom is -0.490 e. The monoisotopic (exact) mass is 451 g/mol. The molecule has 1 N–H and O–H groups in total. The fraction of sp³-hybridized carbons (Fsp3) is 0.208. The van der Waals surface area contributed by atoms with Crippen molar-refractivity contribution >= 4 is 29.2 Å². The van der Waals surface area contributed by atoms with Gasteiger partial charge >= 0.3 is 6.09 Å². The van der Waals surface area contributed by atoms with Crippen LogP contribution in [0.4, 0.5) is 10.6 Å². The summed E-state index contributed by atoms with van der Waals surface area (Å²) in [6.45, 7) is 0.657. The van der Waals surface area contributed by atoms with Gasteiger partial charge < -0.3 is 19.5 Å². The van der Waals surface area contributed by atoms with E-state index in [1.165, 1.54) is 12.0 Å². The molecule has 1 atom stereocenters. The van der Waals surface area contributed by atoms with Crippen LogP contribution in [0.1, 0.15) is 17.5 Å². The van der Waals surface area contributed by atoms with Crippen molar-refractivity contribution in [3.63, 3.8) is 0 Å². The van der Waals surface area contributed by atoms with Crippen molar-refractivity contribution in [3.8, 4) is 11.6 Å². The molecule has 0 aliphatic carbocycles. The molecule has 1 aliphatic heterocycles. The number of hydrogen-bond donors (Lipinski definition) is 1. The molecule has 2 aromatic carbocycles. The molecule has 1 aromatic heterocycles. The lowest BCUT2D eigenvalue weighted by molar-refractivity contribution is 0.143. The van der Waals surface area contributed by atoms with Crippen molar-refractivity contribution in [2.24, 2.45) is 4.99 Å². The summed E-state index contributed by atoms with van der Waals surface area (Å²) in [7, 11) is 1.48. The van der Waals surface area contributed by atoms with Crippen molar-refractivity contribution < 1.29 is 19.4 Å². The van der Waals surface area contributed by atoms with E-state index in [2.05, 4.69) is 4.98 Å². The van der Waals surface area contributed by atoms with Gasteiger partial charge in [0.25, 0.3) is 5.88 Å². The molecule has 32 heavy (non-hydrogen) atoms. The highest BCUT2D eigenvalue weighted by atomic mass is 35.5. The Labute approximate surface area is 190 Å². The van der Waals surface area contributed by atoms with Crippen LogP contribution in [0.15, 0.2) is 71.7 Å². The predicted molar refractivity (Wildman–Crippen MR) is 123 cm³/mol. The number of pyridine rings is 1. The second kappa shape index (κ2) is 9.70. The predicted octanol–water partition coefficient (Wildman–Crippen LogP) is 5.04. The summed E-state index contributed by atoms with van der Waals surface area (Å²) in [5, 5.41) is 9.50. The Morgan fingerprint density at radius 1 is 1.12 bits per heavy atom. The molecule has 1 fully saturated rings. The summed E-state index contributed by atoms with van der Waals surface area (Å²) < 4.78 is 11.4. The summed E-state index contributed by atoms with van der Waals surface area (Å²) in [6, 6.07) is 21.2. The summed E-state index contributed by atoms with van der Waals surface area (Å²) in [6.07, 6.45) is -0.755. The van der Waals surface area contributed by atoms with Crippen molar-refractivity contribution in [1.82, 2.24) is 9.88 Å². The molecule has 8 heteroatoms. The van der Waals surface area contributed by atoms with Gasteiger partial charge in [-0.05, 0) is 0 Å². The number of methoxy groups -OCH3 is 1. The number of carboxylic acid groups (broad SMARTS) is 1. The van der Waals surface area contributed by atoms with Crippen LogP contribution in [0.3, 0.4) is 0 Å². The lowest BCUT2D eigenvalue weighted by Gasteiger charge is -2.17. The number of halogens is 1. The summed E-state index contributed by atoms with van der Waals surface area (Å²) in [4.78, 5) is 21.9. The largest absolute Gasteiger partial charge is 0.490 e. The van der Waals surface area contributed by atoms with Crippen LogP contribution in [0, 0.1) is 0 Å². The van der Waals surface area contributed by atoms with Gasteiger partial charge in [0.2, 0.25) is 0 Å². The number of aliphatic imine (C=N–C) groups is 1. The number of likely N-dealkylation sites (tertiary alicyclic amines) is 1. The first kappa shape index (κ1) is 21.6. The number of ether oxygens (including phenoxy) is 2. The van der Waals surface area contributed by atoms with Crippen LogP contribution in [0.25, 0.3) is 0 Å². The third-order valence-corrected chi connectivity index (χ3v) is 5.38. The summed E-state index contributed by atoms with van der Waals surface area (Å²) in [5.41, 5.74) is 2.61. The third-order valence-electron chi connectivity index (χ3n) is 5.10. The fourth-order valence-corrected chi connectivity index (χ4v) is 3.80. The van der Waals surface area contributed by atoms with Crippen LogP contribution in [-0.2, 0) is 0 Å². The smallest absolute Gasteiger partial charge is 0.407 e. The Balaban J connectivity index is 1.72. The normalized spacial score (nSPS) is 15.3. The number of nitrogens with zero attached hydrogens (tertiary/aromatic N) is 3. The summed E-state index contributed by atoms with van der Waals surface area (Å²) in [5.74, 6) is 0.846. The minimum absolute atomic E-state index is 0.191. The minimum atomic E-state index is -0.970. The van der Waals surface area contributed by atoms with Gasteiger partial charge in [-0.15, -0.1) is 0 Å². The van der Waals surface area contributed by atoms with Crippen LogP contribution in [0.5, 0.6) is 11.6 Å². The maximum absolute atomic E-state index is 11.2. The number of rotatable bonds is 6. The molecule has 164 valence electrons. The number of hydrogen-bond acceptors (Lipinski definition) is 5. The first-order valence-electron chi connectivity index (χ1n) is 10.1. The maximum atomic E-state index is 11.2. The van der Waals surface area contributed by atoms with Gasteiger partial charge in [0.1, 0.15) is 6.10 Å². The average Bonchev–Trinajstić information content (AvgIpc) is 3.27. The lowest BCUT2D eigenvalue weighted by Crippen LogP contribution is -2.29. The Morgan fingerprint density at radius 3 is 2.28 bits per heavy atom. The Hall–Kier alpha value is -3.58. The molecule has 1 amide bonds. The number of amides is 1. The van der Waals surface area contributed by atoms with Crippen LogP contribution < -0.4 is 9.47 Å². The molecule has 0 radical (unpaired) electrons. The van der Waals surface area contributed by atoms with Crippen LogP contribution in [-0.4, -0.2) is 53.1 Å². The molecule has 0 spiro atoms. The standard InChI is InChI=1S/C24H22ClN3O4/c1-31-22-19(25)14-20(27-23(22)32-18-12-13-28(15-18)24(29)30)26-21(16-8-4-2-5-9-16)17-10-6-3-7-11-17/h2-11,14,18H,12-13,15H2,1H3,(H,29,30). The lowest BCUT2D eigenvalue weighted by atomic mass is 10.0. The molecular formula is C24H22ClN3O4. The SMILES string of the molecule is COc1c(Cl)cc(N=C(c2ccccc2)c2ccccc2)nc1OC1CCN(C(=O)O)C1. The van der Waals surface area contributed by atoms with Gasteiger partial charge in [-0.25, -0.2) is 9.79 Å². The first-order valence-corrected chi connectivity index (χ1v) is 10.5. The van der Waals surface area contributed by atoms with Gasteiger partial charge in [0.05, 0.1) is 24.4 Å². The highest BCUT2D eigenvalue weighted by molar-refractivity contribution is 6.32. The van der Waals surface area contributed by atoms with Gasteiger partial charge in [0, 0.05) is 30.2 Å². The van der Waals surface area contributed by atoms with E-state index in [-0.39, 0.29) is 18.5 Å². The van der Waals surface area contributed by atoms with Gasteiger partial charge in [-0.1, -0.05) is 72.3 Å². The van der Waals surface area contributed by atoms with Crippen LogP contribution in [0.2, 0.25) is 5.02 Å². The van der Waals surface area contributed by atoms with E-state index in [0.717, 1.165) is 16.8 Å². The molecule has 2 heterocycles. The molecule has 3 aromatic rings. The van der Waals surface area contributed by atoms with E-state index >= 15 is 0 Å². The van der Waals surface area contributed by atoms with E-state index < -0.39 is 6.09 Å². The molecule has 1 unspecified atom stereocenters. The van der Waals surface area contributed by atoms with Gasteiger partial charge in [-0.2, -0.15) is 4.98 Å². The van der Waals surface area contributed by atoms with E-state index in [4.69, 9.17) is 26.1 Å². The molecular weight excluding hydrogens is 430 g/mol. The Bertz CT molecular complexity index is 1080. The van der Waals surface area contributed by atoms with E-state index in [1.807, 2.05) is 60.7 Å². The fourth-order valence-electron chi connectivity index (χ4n) is 3.55. The molecule has 1 saturated heterocycles. The average molecular weight is 452 g/mol. The number of carbonyl (C=O) groups is 1. The van der Waals surface area contributed by atoms with Crippen LogP contribution >= 0.6 is 11.6 Å². The highest BCUT2D eigenvalue weighted by Crippen LogP contribution is 2.37. The zero-order chi connectivity index (χ0) is 22.5. The third kappa shape index (κ3) is 4.84. The van der Waals surface area contributed by atoms with Crippen molar-refractivity contribution in [2.45, 2.75) is 12.5 Å². The molecule has 7 nitrogen and oxygen atoms in total. The van der Waals surface area contributed by atoms with Crippen molar-refractivity contribution in [3.05, 3.63) is 82.9 Å². The van der Waals surface area contributed by atoms with E-state index in [0.29, 0.717) is 29.6 Å². The van der Waals surface area contributed by atoms with E-state index in [1.54, 1.807) is 6.07 Å². The zero-order valence-electron chi connectivity index (χ0n) is 17.4. The Kier molecular flexibility index (Phi) is 6.56. The summed E-state index contributed by atoms with van der Waals surface area (Å²) >= 11 is 6.46. The Morgan fingerprint density at radius 2 is 1.75 bits per heavy atom. The quantitative estimate of drug-likeness (QED) is 0.530. The van der Waals surface area contributed by atoms with Crippen molar-refractivity contribution in [2.75, 3.05) is 20.2 Å². The number of benzene rings is 2. The molecule has 0 saturated carbocycles. The topological polar surface area (TPSA) is 84.3 Å². The zero-order valence-corrected chi connectivity index (χ0v) is 18.2. The highest BCUT2D eigenvalue weighted by Gasteiger charge is 2.29. The number of aromatic nitrogens is 1. The van der Waals surface area contributed by atoms with Gasteiger partial charge in [0.15, 0.2) is 11.6 Å². The second-order valence-corrected chi connectivity index (χ2v) is 7.66. The van der Waals surface area contributed by atoms with Gasteiger partial charge in [-0.3, -0.25) is 0 Å². The second-order valence-electron chi connectivity index (χ2n) is 7.25. The molecule has 0 bridgehead atoms. The maximum Gasteiger partial charge on any atom is 0.407 e. The molecule has 4 rings (SSSR count). The first-order chi connectivity index (χ1) is 15.5. The van der Waals surface area contributed by atoms with Crippen molar-refractivity contribution in [1.29, 1.82) is 0 Å².